The molecular formula is C23H21F2N5O4. The van der Waals surface area contributed by atoms with E-state index in [1.54, 1.807) is 6.07 Å². The van der Waals surface area contributed by atoms with E-state index in [0.717, 1.165) is 18.3 Å². The number of ether oxygens (including phenoxy) is 1. The third kappa shape index (κ3) is 3.87. The van der Waals surface area contributed by atoms with Gasteiger partial charge in [0.1, 0.15) is 17.7 Å². The number of hydrogen-bond donors (Lipinski definition) is 4. The fraction of sp³-hybridized carbons (Fsp3) is 0.304. The number of nitrogens with zero attached hydrogens (tertiary/aromatic N) is 3. The van der Waals surface area contributed by atoms with Gasteiger partial charge in [0.2, 0.25) is 0 Å². The summed E-state index contributed by atoms with van der Waals surface area (Å²) in [6.45, 7) is 0. The molecule has 5 N–H and O–H groups in total. The van der Waals surface area contributed by atoms with Gasteiger partial charge >= 0.3 is 0 Å². The summed E-state index contributed by atoms with van der Waals surface area (Å²) in [6, 6.07) is 4.96. The van der Waals surface area contributed by atoms with Crippen LogP contribution in [0, 0.1) is 11.6 Å². The molecule has 1 aliphatic heterocycles. The third-order valence-corrected chi connectivity index (χ3v) is 6.15. The number of aromatic nitrogens is 3. The van der Waals surface area contributed by atoms with Gasteiger partial charge in [0.05, 0.1) is 47.1 Å². The number of benzene rings is 1. The Morgan fingerprint density at radius 2 is 1.91 bits per heavy atom. The molecule has 3 heterocycles. The zero-order valence-electron chi connectivity index (χ0n) is 17.8. The first kappa shape index (κ1) is 22.3. The monoisotopic (exact) mass is 469 g/mol. The molecule has 0 radical (unpaired) electrons. The molecule has 1 aliphatic carbocycles. The van der Waals surface area contributed by atoms with E-state index < -0.39 is 47.0 Å². The quantitative estimate of drug-likeness (QED) is 0.456. The van der Waals surface area contributed by atoms with E-state index in [1.165, 1.54) is 18.5 Å². The first-order valence-corrected chi connectivity index (χ1v) is 10.7. The van der Waals surface area contributed by atoms with Gasteiger partial charge in [-0.05, 0) is 31.0 Å². The lowest BCUT2D eigenvalue weighted by molar-refractivity contribution is -0.185. The molecule has 11 heteroatoms. The van der Waals surface area contributed by atoms with Crippen LogP contribution >= 0.6 is 0 Å². The molecule has 2 aromatic heterocycles. The van der Waals surface area contributed by atoms with E-state index in [9.17, 15) is 23.8 Å². The number of hydrogen-bond acceptors (Lipinski definition) is 8. The van der Waals surface area contributed by atoms with Gasteiger partial charge in [0.15, 0.2) is 11.5 Å². The number of nitrogen functional groups attached to an aromatic ring is 1. The van der Waals surface area contributed by atoms with Gasteiger partial charge in [-0.1, -0.05) is 6.07 Å². The van der Waals surface area contributed by atoms with E-state index >= 15 is 0 Å². The second kappa shape index (κ2) is 8.35. The van der Waals surface area contributed by atoms with Crippen LogP contribution in [0.3, 0.4) is 0 Å². The van der Waals surface area contributed by atoms with Crippen molar-refractivity contribution < 1.29 is 28.5 Å². The minimum atomic E-state index is -0.978. The maximum atomic E-state index is 14.2. The standard InChI is InChI=1S/C23H21F2N5O4/c24-12-2-1-3-13(25)18(12)21-28-9-14(26)19(30-21)22(33)29-15-10-27-7-4-11(15)17-8-16(31)20(32)23(34-17)5-6-23/h1-4,7,9-10,16-17,20,31-32H,5-6,8,26H2,(H,29,33). The Kier molecular flexibility index (Phi) is 5.47. The van der Waals surface area contributed by atoms with Crippen LogP contribution in [0.15, 0.2) is 42.9 Å². The highest BCUT2D eigenvalue weighted by Crippen LogP contribution is 2.52. The normalized spacial score (nSPS) is 23.0. The highest BCUT2D eigenvalue weighted by molar-refractivity contribution is 6.06. The van der Waals surface area contributed by atoms with Crippen molar-refractivity contribution in [2.24, 2.45) is 0 Å². The van der Waals surface area contributed by atoms with Gasteiger partial charge in [-0.25, -0.2) is 18.7 Å². The summed E-state index contributed by atoms with van der Waals surface area (Å²) in [5.74, 6) is -2.83. The predicted octanol–water partition coefficient (Wildman–Crippen LogP) is 2.37. The third-order valence-electron chi connectivity index (χ3n) is 6.15. The summed E-state index contributed by atoms with van der Waals surface area (Å²) in [6.07, 6.45) is 2.86. The summed E-state index contributed by atoms with van der Waals surface area (Å²) < 4.78 is 34.5. The van der Waals surface area contributed by atoms with Crippen LogP contribution < -0.4 is 11.1 Å². The van der Waals surface area contributed by atoms with Crippen LogP contribution in [0.4, 0.5) is 20.2 Å². The second-order valence-corrected chi connectivity index (χ2v) is 8.43. The zero-order chi connectivity index (χ0) is 24.0. The molecule has 34 heavy (non-hydrogen) atoms. The number of anilines is 2. The molecule has 9 nitrogen and oxygen atoms in total. The number of pyridine rings is 1. The highest BCUT2D eigenvalue weighted by atomic mass is 19.1. The Morgan fingerprint density at radius 1 is 1.18 bits per heavy atom. The van der Waals surface area contributed by atoms with Crippen LogP contribution in [0.1, 0.15) is 41.4 Å². The van der Waals surface area contributed by atoms with Gasteiger partial charge in [-0.3, -0.25) is 9.78 Å². The van der Waals surface area contributed by atoms with E-state index in [4.69, 9.17) is 10.5 Å². The Bertz CT molecular complexity index is 1250. The molecule has 2 fully saturated rings. The van der Waals surface area contributed by atoms with Crippen LogP contribution in [-0.4, -0.2) is 48.9 Å². The number of carbonyl (C=O) groups is 1. The first-order chi connectivity index (χ1) is 16.3. The molecule has 176 valence electrons. The number of nitrogens with two attached hydrogens (primary N) is 1. The average molecular weight is 469 g/mol. The van der Waals surface area contributed by atoms with Crippen LogP contribution in [0.2, 0.25) is 0 Å². The summed E-state index contributed by atoms with van der Waals surface area (Å²) >= 11 is 0. The molecule has 1 aromatic carbocycles. The summed E-state index contributed by atoms with van der Waals surface area (Å²) in [5, 5.41) is 23.2. The maximum Gasteiger partial charge on any atom is 0.276 e. The van der Waals surface area contributed by atoms with E-state index in [0.29, 0.717) is 18.4 Å². The number of aliphatic hydroxyl groups excluding tert-OH is 2. The summed E-state index contributed by atoms with van der Waals surface area (Å²) in [5.41, 5.74) is 5.09. The Hall–Kier alpha value is -3.54. The van der Waals surface area contributed by atoms with Crippen molar-refractivity contribution in [3.63, 3.8) is 0 Å². The molecule has 2 aliphatic rings. The predicted molar refractivity (Wildman–Crippen MR) is 116 cm³/mol. The van der Waals surface area contributed by atoms with E-state index in [1.807, 2.05) is 0 Å². The topological polar surface area (TPSA) is 143 Å². The number of amides is 1. The maximum absolute atomic E-state index is 14.2. The molecule has 1 spiro atoms. The second-order valence-electron chi connectivity index (χ2n) is 8.43. The van der Waals surface area contributed by atoms with Crippen molar-refractivity contribution in [3.05, 3.63) is 65.7 Å². The number of carbonyl (C=O) groups excluding carboxylic acids is 1. The fourth-order valence-electron chi connectivity index (χ4n) is 4.20. The first-order valence-electron chi connectivity index (χ1n) is 10.7. The van der Waals surface area contributed by atoms with Crippen LogP contribution in [0.5, 0.6) is 0 Å². The van der Waals surface area contributed by atoms with Crippen LogP contribution in [0.25, 0.3) is 11.4 Å². The van der Waals surface area contributed by atoms with Crippen LogP contribution in [-0.2, 0) is 4.74 Å². The molecule has 1 saturated carbocycles. The smallest absolute Gasteiger partial charge is 0.276 e. The lowest BCUT2D eigenvalue weighted by Crippen LogP contribution is -2.47. The zero-order valence-corrected chi connectivity index (χ0v) is 17.8. The molecule has 3 atom stereocenters. The van der Waals surface area contributed by atoms with Crippen molar-refractivity contribution in [3.8, 4) is 11.4 Å². The molecule has 5 rings (SSSR count). The lowest BCUT2D eigenvalue weighted by Gasteiger charge is -2.38. The van der Waals surface area contributed by atoms with Crippen molar-refractivity contribution in [2.45, 2.75) is 43.2 Å². The minimum absolute atomic E-state index is 0.0900. The number of rotatable bonds is 4. The molecule has 0 bridgehead atoms. The van der Waals surface area contributed by atoms with Gasteiger partial charge < -0.3 is 26.0 Å². The number of nitrogens with one attached hydrogen (secondary N) is 1. The van der Waals surface area contributed by atoms with E-state index in [-0.39, 0.29) is 29.3 Å². The van der Waals surface area contributed by atoms with Gasteiger partial charge in [0.25, 0.3) is 5.91 Å². The van der Waals surface area contributed by atoms with Crippen molar-refractivity contribution in [1.29, 1.82) is 0 Å². The largest absolute Gasteiger partial charge is 0.396 e. The molecule has 1 saturated heterocycles. The molecule has 3 aromatic rings. The van der Waals surface area contributed by atoms with Gasteiger partial charge in [-0.2, -0.15) is 0 Å². The summed E-state index contributed by atoms with van der Waals surface area (Å²) in [7, 11) is 0. The molecule has 1 amide bonds. The Morgan fingerprint density at radius 3 is 2.62 bits per heavy atom. The van der Waals surface area contributed by atoms with Gasteiger partial charge in [0, 0.05) is 18.2 Å². The Balaban J connectivity index is 1.44. The Labute approximate surface area is 192 Å². The number of halogens is 2. The van der Waals surface area contributed by atoms with Gasteiger partial charge in [-0.15, -0.1) is 0 Å². The fourth-order valence-corrected chi connectivity index (χ4v) is 4.20. The highest BCUT2D eigenvalue weighted by Gasteiger charge is 2.57. The average Bonchev–Trinajstić information content (AvgIpc) is 3.58. The van der Waals surface area contributed by atoms with Crippen molar-refractivity contribution >= 4 is 17.3 Å². The lowest BCUT2D eigenvalue weighted by atomic mass is 9.92. The van der Waals surface area contributed by atoms with E-state index in [2.05, 4.69) is 20.3 Å². The summed E-state index contributed by atoms with van der Waals surface area (Å²) in [4.78, 5) is 25.0. The molecular weight excluding hydrogens is 448 g/mol. The van der Waals surface area contributed by atoms with Crippen molar-refractivity contribution in [1.82, 2.24) is 15.0 Å². The SMILES string of the molecule is Nc1cnc(-c2c(F)cccc2F)nc1C(=O)Nc1cnccc1C1CC(O)C(O)C2(CC2)O1. The molecule has 3 unspecified atom stereocenters. The van der Waals surface area contributed by atoms with Crippen molar-refractivity contribution in [2.75, 3.05) is 11.1 Å². The number of aliphatic hydroxyl groups is 2. The minimum Gasteiger partial charge on any atom is -0.396 e.